The van der Waals surface area contributed by atoms with Gasteiger partial charge < -0.3 is 24.8 Å². The van der Waals surface area contributed by atoms with Gasteiger partial charge in [-0.05, 0) is 50.1 Å². The maximum Gasteiger partial charge on any atom is 0.253 e. The van der Waals surface area contributed by atoms with E-state index in [4.69, 9.17) is 14.2 Å². The quantitative estimate of drug-likeness (QED) is 0.573. The molecule has 1 heterocycles. The van der Waals surface area contributed by atoms with Crippen molar-refractivity contribution < 1.29 is 23.8 Å². The van der Waals surface area contributed by atoms with Gasteiger partial charge in [0.05, 0.1) is 36.8 Å². The number of nitrogens with one attached hydrogen (secondary N) is 2. The number of rotatable bonds is 9. The third kappa shape index (κ3) is 6.15. The lowest BCUT2D eigenvalue weighted by Gasteiger charge is -2.16. The third-order valence-electron chi connectivity index (χ3n) is 4.98. The molecule has 2 aromatic rings. The molecule has 2 N–H and O–H groups in total. The molecule has 2 aromatic carbocycles. The van der Waals surface area contributed by atoms with Crippen molar-refractivity contribution in [1.29, 1.82) is 0 Å². The molecule has 2 amide bonds. The lowest BCUT2D eigenvalue weighted by molar-refractivity contribution is -0.115. The van der Waals surface area contributed by atoms with E-state index in [0.29, 0.717) is 29.3 Å². The molecule has 7 nitrogen and oxygen atoms in total. The lowest BCUT2D eigenvalue weighted by Crippen LogP contribution is -2.32. The topological polar surface area (TPSA) is 85.9 Å². The summed E-state index contributed by atoms with van der Waals surface area (Å²) in [6.07, 6.45) is 2.02. The largest absolute Gasteiger partial charge is 0.493 e. The van der Waals surface area contributed by atoms with Gasteiger partial charge >= 0.3 is 0 Å². The van der Waals surface area contributed by atoms with Gasteiger partial charge in [-0.15, -0.1) is 11.8 Å². The van der Waals surface area contributed by atoms with E-state index < -0.39 is 0 Å². The van der Waals surface area contributed by atoms with E-state index >= 15 is 0 Å². The minimum Gasteiger partial charge on any atom is -0.493 e. The highest BCUT2D eigenvalue weighted by Crippen LogP contribution is 2.33. The van der Waals surface area contributed by atoms with Crippen LogP contribution in [0.15, 0.2) is 47.4 Å². The molecular weight excluding hydrogens is 416 g/mol. The van der Waals surface area contributed by atoms with E-state index in [1.54, 1.807) is 44.6 Å². The van der Waals surface area contributed by atoms with E-state index in [0.717, 1.165) is 24.3 Å². The predicted molar refractivity (Wildman–Crippen MR) is 121 cm³/mol. The molecule has 0 unspecified atom stereocenters. The third-order valence-corrected chi connectivity index (χ3v) is 6.07. The van der Waals surface area contributed by atoms with E-state index in [1.165, 1.54) is 11.8 Å². The Hall–Kier alpha value is -2.71. The fourth-order valence-corrected chi connectivity index (χ4v) is 4.17. The van der Waals surface area contributed by atoms with Crippen molar-refractivity contribution in [2.45, 2.75) is 36.0 Å². The highest BCUT2D eigenvalue weighted by Gasteiger charge is 2.20. The Morgan fingerprint density at radius 2 is 1.94 bits per heavy atom. The van der Waals surface area contributed by atoms with E-state index in [-0.39, 0.29) is 23.2 Å². The van der Waals surface area contributed by atoms with Crippen molar-refractivity contribution in [3.8, 4) is 11.5 Å². The van der Waals surface area contributed by atoms with Crippen LogP contribution in [-0.2, 0) is 9.53 Å². The molecule has 166 valence electrons. The molecule has 1 saturated heterocycles. The Morgan fingerprint density at radius 3 is 2.65 bits per heavy atom. The smallest absolute Gasteiger partial charge is 0.253 e. The molecule has 0 aliphatic carbocycles. The number of ether oxygens (including phenoxy) is 3. The van der Waals surface area contributed by atoms with Crippen molar-refractivity contribution in [3.05, 3.63) is 48.0 Å². The van der Waals surface area contributed by atoms with Crippen molar-refractivity contribution in [2.75, 3.05) is 32.7 Å². The first-order valence-electron chi connectivity index (χ1n) is 10.2. The first-order chi connectivity index (χ1) is 15.0. The van der Waals surface area contributed by atoms with E-state index in [2.05, 4.69) is 10.6 Å². The van der Waals surface area contributed by atoms with Crippen molar-refractivity contribution in [3.63, 3.8) is 0 Å². The fourth-order valence-electron chi connectivity index (χ4n) is 3.28. The number of hydrogen-bond donors (Lipinski definition) is 2. The first kappa shape index (κ1) is 23.0. The number of benzene rings is 2. The molecule has 0 aromatic heterocycles. The number of methoxy groups -OCH3 is 2. The molecule has 1 fully saturated rings. The van der Waals surface area contributed by atoms with Crippen LogP contribution in [0.3, 0.4) is 0 Å². The molecule has 3 rings (SSSR count). The maximum absolute atomic E-state index is 12.8. The minimum absolute atomic E-state index is 0.0589. The van der Waals surface area contributed by atoms with Gasteiger partial charge in [-0.3, -0.25) is 9.59 Å². The molecule has 1 aliphatic rings. The Bertz CT molecular complexity index is 915. The molecular formula is C23H28N2O5S. The average Bonchev–Trinajstić information content (AvgIpc) is 3.31. The van der Waals surface area contributed by atoms with Gasteiger partial charge in [0.1, 0.15) is 0 Å². The summed E-state index contributed by atoms with van der Waals surface area (Å²) in [6, 6.07) is 12.5. The van der Waals surface area contributed by atoms with Crippen molar-refractivity contribution in [2.24, 2.45) is 0 Å². The zero-order valence-corrected chi connectivity index (χ0v) is 18.8. The van der Waals surface area contributed by atoms with Gasteiger partial charge in [0.15, 0.2) is 11.5 Å². The maximum atomic E-state index is 12.8. The number of para-hydroxylation sites is 1. The second kappa shape index (κ2) is 11.1. The summed E-state index contributed by atoms with van der Waals surface area (Å²) < 4.78 is 16.1. The summed E-state index contributed by atoms with van der Waals surface area (Å²) in [5.74, 6) is 0.811. The molecule has 0 radical (unpaired) electrons. The Morgan fingerprint density at radius 1 is 1.16 bits per heavy atom. The normalized spacial score (nSPS) is 16.4. The molecule has 0 bridgehead atoms. The van der Waals surface area contributed by atoms with Crippen LogP contribution in [0.5, 0.6) is 11.5 Å². The standard InChI is InChI=1S/C23H28N2O5S/c1-15(31-17-10-11-20(28-2)21(13-17)29-3)22(26)25-19-9-5-4-8-18(19)23(27)24-14-16-7-6-12-30-16/h4-5,8-11,13,15-16H,6-7,12,14H2,1-3H3,(H,24,27)(H,25,26)/t15-,16-/m1/s1. The summed E-state index contributed by atoms with van der Waals surface area (Å²) in [6.45, 7) is 3.02. The van der Waals surface area contributed by atoms with Gasteiger partial charge in [-0.2, -0.15) is 0 Å². The zero-order valence-electron chi connectivity index (χ0n) is 18.0. The van der Waals surface area contributed by atoms with Gasteiger partial charge in [0, 0.05) is 18.0 Å². The summed E-state index contributed by atoms with van der Waals surface area (Å²) >= 11 is 1.40. The Balaban J connectivity index is 1.62. The van der Waals surface area contributed by atoms with Crippen LogP contribution in [0, 0.1) is 0 Å². The van der Waals surface area contributed by atoms with Gasteiger partial charge in [0.2, 0.25) is 5.91 Å². The lowest BCUT2D eigenvalue weighted by atomic mass is 10.1. The summed E-state index contributed by atoms with van der Waals surface area (Å²) in [7, 11) is 3.15. The van der Waals surface area contributed by atoms with Crippen LogP contribution in [-0.4, -0.2) is 50.5 Å². The second-order valence-corrected chi connectivity index (χ2v) is 8.57. The number of amides is 2. The molecule has 31 heavy (non-hydrogen) atoms. The number of hydrogen-bond acceptors (Lipinski definition) is 6. The van der Waals surface area contributed by atoms with Gasteiger partial charge in [0.25, 0.3) is 5.91 Å². The summed E-state index contributed by atoms with van der Waals surface area (Å²) in [4.78, 5) is 26.3. The summed E-state index contributed by atoms with van der Waals surface area (Å²) in [5, 5.41) is 5.40. The fraction of sp³-hybridized carbons (Fsp3) is 0.391. The molecule has 8 heteroatoms. The highest BCUT2D eigenvalue weighted by molar-refractivity contribution is 8.00. The zero-order chi connectivity index (χ0) is 22.2. The monoisotopic (exact) mass is 444 g/mol. The Labute approximate surface area is 186 Å². The number of thioether (sulfide) groups is 1. The van der Waals surface area contributed by atoms with Crippen LogP contribution < -0.4 is 20.1 Å². The number of carbonyl (C=O) groups excluding carboxylic acids is 2. The van der Waals surface area contributed by atoms with Crippen molar-refractivity contribution >= 4 is 29.3 Å². The summed E-state index contributed by atoms with van der Waals surface area (Å²) in [5.41, 5.74) is 0.911. The van der Waals surface area contributed by atoms with Crippen LogP contribution in [0.25, 0.3) is 0 Å². The highest BCUT2D eigenvalue weighted by atomic mass is 32.2. The first-order valence-corrected chi connectivity index (χ1v) is 11.1. The van der Waals surface area contributed by atoms with Crippen LogP contribution in [0.4, 0.5) is 5.69 Å². The SMILES string of the molecule is COc1ccc(S[C@H](C)C(=O)Nc2ccccc2C(=O)NC[C@H]2CCCO2)cc1OC. The van der Waals surface area contributed by atoms with E-state index in [9.17, 15) is 9.59 Å². The number of anilines is 1. The van der Waals surface area contributed by atoms with Crippen LogP contribution in [0.2, 0.25) is 0 Å². The van der Waals surface area contributed by atoms with E-state index in [1.807, 2.05) is 19.1 Å². The molecule has 1 aliphatic heterocycles. The average molecular weight is 445 g/mol. The molecule has 0 saturated carbocycles. The Kier molecular flexibility index (Phi) is 8.20. The number of carbonyl (C=O) groups is 2. The molecule has 2 atom stereocenters. The van der Waals surface area contributed by atoms with Crippen LogP contribution in [0.1, 0.15) is 30.1 Å². The minimum atomic E-state index is -0.388. The predicted octanol–water partition coefficient (Wildman–Crippen LogP) is 3.73. The molecule has 0 spiro atoms. The van der Waals surface area contributed by atoms with Crippen LogP contribution >= 0.6 is 11.8 Å². The van der Waals surface area contributed by atoms with Gasteiger partial charge in [-0.25, -0.2) is 0 Å². The second-order valence-electron chi connectivity index (χ2n) is 7.16. The van der Waals surface area contributed by atoms with Gasteiger partial charge in [-0.1, -0.05) is 12.1 Å². The van der Waals surface area contributed by atoms with Crippen molar-refractivity contribution in [1.82, 2.24) is 5.32 Å².